The lowest BCUT2D eigenvalue weighted by Crippen LogP contribution is -2.29. The molecule has 0 rings (SSSR count). The number of allylic oxidation sites excluding steroid dienone is 8. The zero-order valence-corrected chi connectivity index (χ0v) is 38.1. The van der Waals surface area contributed by atoms with Gasteiger partial charge in [-0.25, -0.2) is 9.13 Å². The van der Waals surface area contributed by atoms with Gasteiger partial charge in [0.2, 0.25) is 0 Å². The molecule has 344 valence electrons. The van der Waals surface area contributed by atoms with Crippen molar-refractivity contribution in [2.24, 2.45) is 0 Å². The summed E-state index contributed by atoms with van der Waals surface area (Å²) in [6.45, 7) is 1.69. The minimum atomic E-state index is -4.87. The number of aliphatic hydroxyl groups is 1. The molecule has 1 unspecified atom stereocenters. The first-order chi connectivity index (χ1) is 28.4. The van der Waals surface area contributed by atoms with Crippen LogP contribution in [-0.4, -0.2) is 70.4 Å². The molecule has 0 amide bonds. The van der Waals surface area contributed by atoms with Crippen molar-refractivity contribution in [1.82, 2.24) is 0 Å². The maximum atomic E-state index is 12.6. The SMILES string of the molecule is CCCCCCCC/C=C\C/C=C\C/C=C\CCCC(=O)O[C@H](COC(=O)CCCCCCC/C=C\CCCCCCCC)COP(=O)(O)OC[C@@H](O)COP(=O)(O)O. The van der Waals surface area contributed by atoms with Crippen molar-refractivity contribution >= 4 is 27.6 Å². The Kier molecular flexibility index (Phi) is 38.9. The Morgan fingerprint density at radius 2 is 0.898 bits per heavy atom. The molecule has 0 spiro atoms. The fourth-order valence-electron chi connectivity index (χ4n) is 5.77. The van der Waals surface area contributed by atoms with Crippen LogP contribution in [0.2, 0.25) is 0 Å². The Morgan fingerprint density at radius 1 is 0.492 bits per heavy atom. The Labute approximate surface area is 356 Å². The van der Waals surface area contributed by atoms with Crippen LogP contribution in [0.1, 0.15) is 181 Å². The van der Waals surface area contributed by atoms with Crippen molar-refractivity contribution in [3.8, 4) is 0 Å². The maximum Gasteiger partial charge on any atom is 0.472 e. The molecular weight excluding hydrogens is 798 g/mol. The first-order valence-electron chi connectivity index (χ1n) is 22.3. The predicted octanol–water partition coefficient (Wildman–Crippen LogP) is 11.5. The van der Waals surface area contributed by atoms with Crippen molar-refractivity contribution in [3.63, 3.8) is 0 Å². The molecule has 0 heterocycles. The zero-order valence-electron chi connectivity index (χ0n) is 36.3. The molecule has 0 aromatic rings. The molecule has 0 saturated carbocycles. The van der Waals surface area contributed by atoms with E-state index < -0.39 is 66.2 Å². The second-order valence-electron chi connectivity index (χ2n) is 15.0. The van der Waals surface area contributed by atoms with E-state index in [1.54, 1.807) is 0 Å². The number of hydrogen-bond acceptors (Lipinski definition) is 10. The number of aliphatic hydroxyl groups excluding tert-OH is 1. The lowest BCUT2D eigenvalue weighted by atomic mass is 10.1. The topological polar surface area (TPSA) is 195 Å². The smallest absolute Gasteiger partial charge is 0.462 e. The summed E-state index contributed by atoms with van der Waals surface area (Å²) in [5.74, 6) is -1.10. The molecule has 4 N–H and O–H groups in total. The van der Waals surface area contributed by atoms with Gasteiger partial charge < -0.3 is 29.3 Å². The molecule has 13 nitrogen and oxygen atoms in total. The first kappa shape index (κ1) is 57.1. The molecule has 0 radical (unpaired) electrons. The van der Waals surface area contributed by atoms with Gasteiger partial charge >= 0.3 is 27.6 Å². The lowest BCUT2D eigenvalue weighted by molar-refractivity contribution is -0.161. The van der Waals surface area contributed by atoms with E-state index in [0.29, 0.717) is 19.3 Å². The van der Waals surface area contributed by atoms with Crippen LogP contribution in [0.4, 0.5) is 0 Å². The summed E-state index contributed by atoms with van der Waals surface area (Å²) in [5, 5.41) is 9.74. The fourth-order valence-corrected chi connectivity index (χ4v) is 6.93. The third kappa shape index (κ3) is 44.0. The van der Waals surface area contributed by atoms with E-state index in [0.717, 1.165) is 57.8 Å². The van der Waals surface area contributed by atoms with Crippen LogP contribution in [0, 0.1) is 0 Å². The summed E-state index contributed by atoms with van der Waals surface area (Å²) in [6, 6.07) is 0. The van der Waals surface area contributed by atoms with Crippen LogP contribution in [0.3, 0.4) is 0 Å². The van der Waals surface area contributed by atoms with Gasteiger partial charge in [-0.1, -0.05) is 146 Å². The van der Waals surface area contributed by atoms with Crippen molar-refractivity contribution in [1.29, 1.82) is 0 Å². The quantitative estimate of drug-likeness (QED) is 0.0196. The number of phosphoric acid groups is 2. The highest BCUT2D eigenvalue weighted by Gasteiger charge is 2.28. The summed E-state index contributed by atoms with van der Waals surface area (Å²) in [4.78, 5) is 52.7. The monoisotopic (exact) mass is 879 g/mol. The van der Waals surface area contributed by atoms with Crippen molar-refractivity contribution in [2.75, 3.05) is 26.4 Å². The lowest BCUT2D eigenvalue weighted by Gasteiger charge is -2.20. The molecule has 0 saturated heterocycles. The summed E-state index contributed by atoms with van der Waals surface area (Å²) < 4.78 is 47.7. The van der Waals surface area contributed by atoms with E-state index in [4.69, 9.17) is 23.8 Å². The van der Waals surface area contributed by atoms with Crippen LogP contribution in [-0.2, 0) is 41.8 Å². The molecule has 0 aliphatic carbocycles. The minimum Gasteiger partial charge on any atom is -0.462 e. The Balaban J connectivity index is 4.61. The molecule has 0 aromatic carbocycles. The average molecular weight is 879 g/mol. The van der Waals surface area contributed by atoms with E-state index >= 15 is 0 Å². The van der Waals surface area contributed by atoms with Gasteiger partial charge in [0.05, 0.1) is 19.8 Å². The highest BCUT2D eigenvalue weighted by atomic mass is 31.2. The molecule has 0 fully saturated rings. The van der Waals surface area contributed by atoms with Crippen molar-refractivity contribution < 1.29 is 61.6 Å². The van der Waals surface area contributed by atoms with Crippen LogP contribution in [0.25, 0.3) is 0 Å². The minimum absolute atomic E-state index is 0.0575. The second kappa shape index (κ2) is 40.2. The molecule has 0 aliphatic rings. The molecule has 3 atom stereocenters. The summed E-state index contributed by atoms with van der Waals surface area (Å²) >= 11 is 0. The van der Waals surface area contributed by atoms with Crippen molar-refractivity contribution in [3.05, 3.63) is 48.6 Å². The van der Waals surface area contributed by atoms with Gasteiger partial charge in [0.1, 0.15) is 12.7 Å². The zero-order chi connectivity index (χ0) is 43.7. The molecule has 0 bridgehead atoms. The maximum absolute atomic E-state index is 12.6. The van der Waals surface area contributed by atoms with Crippen LogP contribution in [0.15, 0.2) is 48.6 Å². The highest BCUT2D eigenvalue weighted by Crippen LogP contribution is 2.43. The van der Waals surface area contributed by atoms with E-state index in [9.17, 15) is 28.7 Å². The second-order valence-corrected chi connectivity index (χ2v) is 17.7. The van der Waals surface area contributed by atoms with Gasteiger partial charge in [0.15, 0.2) is 6.10 Å². The molecule has 59 heavy (non-hydrogen) atoms. The van der Waals surface area contributed by atoms with Gasteiger partial charge in [-0.3, -0.25) is 23.2 Å². The highest BCUT2D eigenvalue weighted by molar-refractivity contribution is 7.47. The Bertz CT molecular complexity index is 1230. The van der Waals surface area contributed by atoms with Crippen LogP contribution < -0.4 is 0 Å². The van der Waals surface area contributed by atoms with Gasteiger partial charge in [-0.2, -0.15) is 0 Å². The molecular formula is C44H80O13P2. The number of carbonyl (C=O) groups is 2. The molecule has 0 aliphatic heterocycles. The van der Waals surface area contributed by atoms with Crippen LogP contribution in [0.5, 0.6) is 0 Å². The third-order valence-electron chi connectivity index (χ3n) is 9.18. The number of phosphoric ester groups is 2. The molecule has 15 heteroatoms. The summed E-state index contributed by atoms with van der Waals surface area (Å²) in [5.41, 5.74) is 0. The number of rotatable bonds is 42. The van der Waals surface area contributed by atoms with E-state index in [1.807, 2.05) is 12.2 Å². The number of unbranched alkanes of at least 4 members (excludes halogenated alkanes) is 18. The predicted molar refractivity (Wildman–Crippen MR) is 235 cm³/mol. The van der Waals surface area contributed by atoms with E-state index in [2.05, 4.69) is 59.4 Å². The largest absolute Gasteiger partial charge is 0.472 e. The summed E-state index contributed by atoms with van der Waals surface area (Å²) in [6.07, 6.45) is 41.1. The Morgan fingerprint density at radius 3 is 1.42 bits per heavy atom. The first-order valence-corrected chi connectivity index (χ1v) is 25.4. The normalized spacial score (nSPS) is 14.5. The Hall–Kier alpha value is -1.92. The van der Waals surface area contributed by atoms with Gasteiger partial charge in [0, 0.05) is 12.8 Å². The standard InChI is InChI=1S/C44H80O13P2/c1-3-5-7-9-11-13-15-17-19-20-22-24-26-28-30-32-34-36-44(47)57-42(40-56-59(51,52)55-38-41(45)37-54-58(48,49)50)39-53-43(46)35-33-31-29-27-25-23-21-18-16-14-12-10-8-6-4-2/h17-19,21-22,24,28,30,41-42,45H,3-16,20,23,25-27,29,31-40H2,1-2H3,(H,51,52)(H2,48,49,50)/b19-17-,21-18-,24-22-,30-28-/t41-,42+/m0/s1. The van der Waals surface area contributed by atoms with Gasteiger partial charge in [-0.05, 0) is 70.6 Å². The average Bonchev–Trinajstić information content (AvgIpc) is 3.19. The fraction of sp³-hybridized carbons (Fsp3) is 0.773. The molecule has 0 aromatic heterocycles. The van der Waals surface area contributed by atoms with Crippen molar-refractivity contribution in [2.45, 2.75) is 193 Å². The third-order valence-corrected chi connectivity index (χ3v) is 10.6. The van der Waals surface area contributed by atoms with Crippen LogP contribution >= 0.6 is 15.6 Å². The van der Waals surface area contributed by atoms with E-state index in [1.165, 1.54) is 77.0 Å². The number of carbonyl (C=O) groups excluding carboxylic acids is 2. The van der Waals surface area contributed by atoms with E-state index in [-0.39, 0.29) is 12.8 Å². The number of ether oxygens (including phenoxy) is 2. The number of hydrogen-bond donors (Lipinski definition) is 4. The number of esters is 2. The summed E-state index contributed by atoms with van der Waals surface area (Å²) in [7, 11) is -9.69. The van der Waals surface area contributed by atoms with Gasteiger partial charge in [0.25, 0.3) is 0 Å². The van der Waals surface area contributed by atoms with Gasteiger partial charge in [-0.15, -0.1) is 0 Å².